The first-order valence-corrected chi connectivity index (χ1v) is 9.45. The molecule has 1 saturated carbocycles. The first-order chi connectivity index (χ1) is 11.4. The number of allylic oxidation sites excluding steroid dienone is 5. The van der Waals surface area contributed by atoms with Gasteiger partial charge in [-0.3, -0.25) is 4.99 Å². The van der Waals surface area contributed by atoms with Crippen molar-refractivity contribution in [3.63, 3.8) is 0 Å². The molecule has 146 valence electrons. The summed E-state index contributed by atoms with van der Waals surface area (Å²) in [4.78, 5) is 4.35. The lowest BCUT2D eigenvalue weighted by molar-refractivity contribution is 0.177. The van der Waals surface area contributed by atoms with E-state index in [0.717, 1.165) is 11.5 Å². The SMILES string of the molecule is C=C(C)C=C(C)C.CC(C)(C)CO.CN=C(C=C(C)C)C1CCCC1. The molecule has 25 heavy (non-hydrogen) atoms. The molecule has 0 atom stereocenters. The van der Waals surface area contributed by atoms with Gasteiger partial charge >= 0.3 is 0 Å². The van der Waals surface area contributed by atoms with Gasteiger partial charge in [0, 0.05) is 25.3 Å². The van der Waals surface area contributed by atoms with E-state index in [1.807, 2.05) is 34.7 Å². The van der Waals surface area contributed by atoms with Gasteiger partial charge in [0.1, 0.15) is 0 Å². The first kappa shape index (κ1) is 26.1. The van der Waals surface area contributed by atoms with Gasteiger partial charge in [-0.15, -0.1) is 0 Å². The molecule has 0 radical (unpaired) electrons. The predicted molar refractivity (Wildman–Crippen MR) is 116 cm³/mol. The molecular weight excluding hydrogens is 306 g/mol. The standard InChI is InChI=1S/C11H19N.C7H12.C5H12O/c1-9(2)8-11(12-3)10-6-4-5-7-10;1-6(2)5-7(3)4;1-5(2,3)4-6/h8,10H,4-7H2,1-3H3;5H,1H2,2-4H3;6H,4H2,1-3H3. The maximum Gasteiger partial charge on any atom is 0.0479 e. The Morgan fingerprint density at radius 3 is 1.60 bits per heavy atom. The molecule has 2 nitrogen and oxygen atoms in total. The molecule has 0 aromatic carbocycles. The summed E-state index contributed by atoms with van der Waals surface area (Å²) in [6, 6.07) is 0. The van der Waals surface area contributed by atoms with E-state index in [0.29, 0.717) is 0 Å². The van der Waals surface area contributed by atoms with Crippen molar-refractivity contribution in [3.8, 4) is 0 Å². The molecule has 2 heteroatoms. The van der Waals surface area contributed by atoms with Crippen molar-refractivity contribution in [3.05, 3.63) is 35.5 Å². The van der Waals surface area contributed by atoms with Gasteiger partial charge < -0.3 is 5.11 Å². The summed E-state index contributed by atoms with van der Waals surface area (Å²) in [7, 11) is 1.91. The van der Waals surface area contributed by atoms with Crippen molar-refractivity contribution >= 4 is 5.71 Å². The topological polar surface area (TPSA) is 32.6 Å². The summed E-state index contributed by atoms with van der Waals surface area (Å²) in [5, 5.41) is 8.40. The van der Waals surface area contributed by atoms with E-state index >= 15 is 0 Å². The minimum Gasteiger partial charge on any atom is -0.396 e. The van der Waals surface area contributed by atoms with Gasteiger partial charge in [0.2, 0.25) is 0 Å². The highest BCUT2D eigenvalue weighted by atomic mass is 16.3. The fourth-order valence-electron chi connectivity index (χ4n) is 2.38. The van der Waals surface area contributed by atoms with Gasteiger partial charge in [0.15, 0.2) is 0 Å². The lowest BCUT2D eigenvalue weighted by Gasteiger charge is -2.11. The number of rotatable bonds is 3. The molecule has 1 N–H and O–H groups in total. The zero-order chi connectivity index (χ0) is 20.0. The van der Waals surface area contributed by atoms with Gasteiger partial charge in [-0.25, -0.2) is 0 Å². The normalized spacial score (nSPS) is 14.6. The summed E-state index contributed by atoms with van der Waals surface area (Å²) < 4.78 is 0. The lowest BCUT2D eigenvalue weighted by Crippen LogP contribution is -2.09. The van der Waals surface area contributed by atoms with E-state index in [2.05, 4.69) is 51.4 Å². The van der Waals surface area contributed by atoms with Crippen LogP contribution in [0.25, 0.3) is 0 Å². The number of aliphatic hydroxyl groups excluding tert-OH is 1. The second kappa shape index (κ2) is 14.1. The molecule has 0 unspecified atom stereocenters. The van der Waals surface area contributed by atoms with Crippen molar-refractivity contribution in [2.75, 3.05) is 13.7 Å². The monoisotopic (exact) mass is 349 g/mol. The van der Waals surface area contributed by atoms with Crippen molar-refractivity contribution in [2.24, 2.45) is 16.3 Å². The first-order valence-electron chi connectivity index (χ1n) is 9.45. The number of nitrogens with zero attached hydrogens (tertiary/aromatic N) is 1. The quantitative estimate of drug-likeness (QED) is 0.442. The van der Waals surface area contributed by atoms with Gasteiger partial charge in [-0.05, 0) is 59.0 Å². The third-order valence-electron chi connectivity index (χ3n) is 3.48. The smallest absolute Gasteiger partial charge is 0.0479 e. The van der Waals surface area contributed by atoms with E-state index < -0.39 is 0 Å². The molecular formula is C23H43NO. The van der Waals surface area contributed by atoms with Gasteiger partial charge in [-0.1, -0.05) is 63.0 Å². The third-order valence-corrected chi connectivity index (χ3v) is 3.48. The Morgan fingerprint density at radius 1 is 1.00 bits per heavy atom. The molecule has 0 aromatic rings. The van der Waals surface area contributed by atoms with Crippen LogP contribution in [0, 0.1) is 11.3 Å². The Labute approximate surface area is 157 Å². The van der Waals surface area contributed by atoms with Crippen LogP contribution in [0.5, 0.6) is 0 Å². The van der Waals surface area contributed by atoms with Gasteiger partial charge in [0.05, 0.1) is 0 Å². The average molecular weight is 350 g/mol. The highest BCUT2D eigenvalue weighted by molar-refractivity contribution is 5.97. The van der Waals surface area contributed by atoms with Crippen molar-refractivity contribution in [1.29, 1.82) is 0 Å². The Morgan fingerprint density at radius 2 is 1.40 bits per heavy atom. The molecule has 0 aliphatic heterocycles. The molecule has 0 spiro atoms. The van der Waals surface area contributed by atoms with Crippen molar-refractivity contribution < 1.29 is 5.11 Å². The summed E-state index contributed by atoms with van der Waals surface area (Å²) in [6.45, 7) is 20.4. The second-order valence-corrected chi connectivity index (χ2v) is 8.64. The van der Waals surface area contributed by atoms with Crippen molar-refractivity contribution in [2.45, 2.75) is 81.1 Å². The summed E-state index contributed by atoms with van der Waals surface area (Å²) in [5.74, 6) is 0.755. The molecule has 0 bridgehead atoms. The van der Waals surface area contributed by atoms with Crippen molar-refractivity contribution in [1.82, 2.24) is 0 Å². The Hall–Kier alpha value is -1.15. The van der Waals surface area contributed by atoms with Gasteiger partial charge in [-0.2, -0.15) is 0 Å². The third kappa shape index (κ3) is 19.0. The zero-order valence-corrected chi connectivity index (χ0v) is 18.4. The molecule has 0 heterocycles. The molecule has 1 fully saturated rings. The average Bonchev–Trinajstić information content (AvgIpc) is 2.97. The maximum absolute atomic E-state index is 8.40. The predicted octanol–water partition coefficient (Wildman–Crippen LogP) is 6.77. The van der Waals surface area contributed by atoms with Crippen LogP contribution in [0.15, 0.2) is 40.4 Å². The van der Waals surface area contributed by atoms with E-state index in [9.17, 15) is 0 Å². The van der Waals surface area contributed by atoms with E-state index in [4.69, 9.17) is 5.11 Å². The molecule has 1 aliphatic carbocycles. The van der Waals surface area contributed by atoms with E-state index in [1.54, 1.807) is 0 Å². The van der Waals surface area contributed by atoms with E-state index in [1.165, 1.54) is 42.5 Å². The maximum atomic E-state index is 8.40. The lowest BCUT2D eigenvalue weighted by atomic mass is 9.99. The zero-order valence-electron chi connectivity index (χ0n) is 18.4. The summed E-state index contributed by atoms with van der Waals surface area (Å²) in [5.41, 5.74) is 5.21. The van der Waals surface area contributed by atoms with E-state index in [-0.39, 0.29) is 12.0 Å². The Bertz CT molecular complexity index is 447. The van der Waals surface area contributed by atoms with Crippen LogP contribution in [-0.4, -0.2) is 24.5 Å². The van der Waals surface area contributed by atoms with Crippen LogP contribution >= 0.6 is 0 Å². The number of aliphatic imine (C=N–C) groups is 1. The largest absolute Gasteiger partial charge is 0.396 e. The molecule has 0 amide bonds. The molecule has 1 rings (SSSR count). The number of hydrogen-bond donors (Lipinski definition) is 1. The summed E-state index contributed by atoms with van der Waals surface area (Å²) in [6.07, 6.45) is 9.75. The number of hydrogen-bond acceptors (Lipinski definition) is 2. The fourth-order valence-corrected chi connectivity index (χ4v) is 2.38. The highest BCUT2D eigenvalue weighted by Crippen LogP contribution is 2.26. The Kier molecular flexibility index (Phi) is 14.7. The van der Waals surface area contributed by atoms with Crippen LogP contribution in [0.4, 0.5) is 0 Å². The van der Waals surface area contributed by atoms with Crippen LogP contribution in [0.1, 0.15) is 81.1 Å². The van der Waals surface area contributed by atoms with Crippen LogP contribution in [0.3, 0.4) is 0 Å². The second-order valence-electron chi connectivity index (χ2n) is 8.64. The summed E-state index contributed by atoms with van der Waals surface area (Å²) >= 11 is 0. The fraction of sp³-hybridized carbons (Fsp3) is 0.696. The minimum absolute atomic E-state index is 0.0972. The number of aliphatic hydroxyl groups is 1. The molecule has 0 aromatic heterocycles. The molecule has 1 aliphatic rings. The van der Waals surface area contributed by atoms with Crippen LogP contribution in [-0.2, 0) is 0 Å². The van der Waals surface area contributed by atoms with Crippen LogP contribution in [0.2, 0.25) is 0 Å². The highest BCUT2D eigenvalue weighted by Gasteiger charge is 2.18. The van der Waals surface area contributed by atoms with Gasteiger partial charge in [0.25, 0.3) is 0 Å². The minimum atomic E-state index is 0.0972. The molecule has 0 saturated heterocycles. The Balaban J connectivity index is 0. The van der Waals surface area contributed by atoms with Crippen LogP contribution < -0.4 is 0 Å².